The molecule has 2 N–H and O–H groups in total. The molecular weight excluding hydrogens is 142 g/mol. The zero-order valence-electron chi connectivity index (χ0n) is 6.68. The van der Waals surface area contributed by atoms with Crippen LogP contribution in [0.5, 0.6) is 0 Å². The summed E-state index contributed by atoms with van der Waals surface area (Å²) in [5.74, 6) is 0.421. The quantitative estimate of drug-likeness (QED) is 0.576. The molecule has 1 rings (SSSR count). The molecule has 1 aliphatic rings. The maximum atomic E-state index is 11.0. The second-order valence-electron chi connectivity index (χ2n) is 3.00. The van der Waals surface area contributed by atoms with Crippen molar-refractivity contribution in [3.05, 3.63) is 0 Å². The predicted molar refractivity (Wildman–Crippen MR) is 42.1 cm³/mol. The van der Waals surface area contributed by atoms with Gasteiger partial charge in [-0.1, -0.05) is 6.42 Å². The van der Waals surface area contributed by atoms with Crippen LogP contribution < -0.4 is 5.32 Å². The Hall–Kier alpha value is -0.570. The summed E-state index contributed by atoms with van der Waals surface area (Å²) in [6.45, 7) is 1.08. The first-order valence-corrected chi connectivity index (χ1v) is 4.23. The van der Waals surface area contributed by atoms with Crippen molar-refractivity contribution in [2.24, 2.45) is 5.92 Å². The van der Waals surface area contributed by atoms with Gasteiger partial charge in [0.05, 0.1) is 0 Å². The smallest absolute Gasteiger partial charge is 0.223 e. The van der Waals surface area contributed by atoms with Crippen LogP contribution in [0.1, 0.15) is 25.7 Å². The lowest BCUT2D eigenvalue weighted by molar-refractivity contribution is -0.122. The van der Waals surface area contributed by atoms with Crippen LogP contribution in [0, 0.1) is 5.92 Å². The van der Waals surface area contributed by atoms with Gasteiger partial charge in [0.2, 0.25) is 5.91 Å². The average molecular weight is 157 g/mol. The molecule has 1 heterocycles. The van der Waals surface area contributed by atoms with E-state index in [0.717, 1.165) is 32.2 Å². The Bertz CT molecular complexity index is 136. The number of aliphatic hydroxyl groups excluding tert-OH is 1. The topological polar surface area (TPSA) is 49.3 Å². The zero-order valence-corrected chi connectivity index (χ0v) is 6.68. The van der Waals surface area contributed by atoms with Crippen molar-refractivity contribution < 1.29 is 9.90 Å². The molecule has 1 fully saturated rings. The van der Waals surface area contributed by atoms with Gasteiger partial charge in [-0.3, -0.25) is 4.79 Å². The van der Waals surface area contributed by atoms with Crippen LogP contribution >= 0.6 is 0 Å². The molecule has 1 atom stereocenters. The second kappa shape index (κ2) is 4.34. The van der Waals surface area contributed by atoms with Crippen molar-refractivity contribution in [3.63, 3.8) is 0 Å². The lowest BCUT2D eigenvalue weighted by Crippen LogP contribution is -2.18. The molecule has 64 valence electrons. The highest BCUT2D eigenvalue weighted by Gasteiger charge is 2.22. The van der Waals surface area contributed by atoms with E-state index < -0.39 is 0 Å². The second-order valence-corrected chi connectivity index (χ2v) is 3.00. The Morgan fingerprint density at radius 2 is 2.36 bits per heavy atom. The third-order valence-corrected chi connectivity index (χ3v) is 2.12. The van der Waals surface area contributed by atoms with Crippen LogP contribution in [0.15, 0.2) is 0 Å². The maximum Gasteiger partial charge on any atom is 0.223 e. The molecule has 0 aliphatic carbocycles. The molecule has 1 amide bonds. The monoisotopic (exact) mass is 157 g/mol. The summed E-state index contributed by atoms with van der Waals surface area (Å²) in [7, 11) is 0. The molecule has 1 unspecified atom stereocenters. The van der Waals surface area contributed by atoms with Gasteiger partial charge < -0.3 is 10.4 Å². The molecule has 0 aromatic heterocycles. The maximum absolute atomic E-state index is 11.0. The minimum Gasteiger partial charge on any atom is -0.396 e. The summed E-state index contributed by atoms with van der Waals surface area (Å²) in [5.41, 5.74) is 0. The van der Waals surface area contributed by atoms with Gasteiger partial charge in [0, 0.05) is 19.1 Å². The molecule has 0 saturated carbocycles. The standard InChI is InChI=1S/C8H15NO2/c10-6-2-1-3-7-4-5-9-8(7)11/h7,10H,1-6H2,(H,9,11). The van der Waals surface area contributed by atoms with Gasteiger partial charge in [-0.15, -0.1) is 0 Å². The number of carbonyl (C=O) groups is 1. The number of aliphatic hydroxyl groups is 1. The summed E-state index contributed by atoms with van der Waals surface area (Å²) in [6.07, 6.45) is 3.70. The lowest BCUT2D eigenvalue weighted by atomic mass is 10.0. The molecule has 11 heavy (non-hydrogen) atoms. The van der Waals surface area contributed by atoms with E-state index in [1.807, 2.05) is 0 Å². The lowest BCUT2D eigenvalue weighted by Gasteiger charge is -2.03. The number of rotatable bonds is 4. The van der Waals surface area contributed by atoms with Gasteiger partial charge in [-0.2, -0.15) is 0 Å². The first-order valence-electron chi connectivity index (χ1n) is 4.23. The van der Waals surface area contributed by atoms with Gasteiger partial charge in [0.15, 0.2) is 0 Å². The minimum atomic E-state index is 0.197. The summed E-state index contributed by atoms with van der Waals surface area (Å²) in [6, 6.07) is 0. The molecule has 0 spiro atoms. The van der Waals surface area contributed by atoms with Gasteiger partial charge >= 0.3 is 0 Å². The molecule has 3 nitrogen and oxygen atoms in total. The fourth-order valence-electron chi connectivity index (χ4n) is 1.42. The van der Waals surface area contributed by atoms with E-state index in [1.54, 1.807) is 0 Å². The van der Waals surface area contributed by atoms with E-state index in [1.165, 1.54) is 0 Å². The van der Waals surface area contributed by atoms with Gasteiger partial charge in [-0.05, 0) is 19.3 Å². The van der Waals surface area contributed by atoms with E-state index in [-0.39, 0.29) is 18.4 Å². The fourth-order valence-corrected chi connectivity index (χ4v) is 1.42. The highest BCUT2D eigenvalue weighted by Crippen LogP contribution is 2.16. The van der Waals surface area contributed by atoms with Crippen molar-refractivity contribution in [2.75, 3.05) is 13.2 Å². The first kappa shape index (κ1) is 8.53. The van der Waals surface area contributed by atoms with E-state index >= 15 is 0 Å². The number of hydrogen-bond acceptors (Lipinski definition) is 2. The van der Waals surface area contributed by atoms with Crippen molar-refractivity contribution >= 4 is 5.91 Å². The number of carbonyl (C=O) groups excluding carboxylic acids is 1. The Morgan fingerprint density at radius 3 is 2.91 bits per heavy atom. The minimum absolute atomic E-state index is 0.197. The van der Waals surface area contributed by atoms with E-state index in [0.29, 0.717) is 0 Å². The van der Waals surface area contributed by atoms with Crippen molar-refractivity contribution in [1.82, 2.24) is 5.32 Å². The molecule has 0 aromatic rings. The highest BCUT2D eigenvalue weighted by molar-refractivity contribution is 5.80. The molecule has 0 radical (unpaired) electrons. The Balaban J connectivity index is 2.10. The molecule has 3 heteroatoms. The van der Waals surface area contributed by atoms with Crippen LogP contribution in [0.4, 0.5) is 0 Å². The van der Waals surface area contributed by atoms with Gasteiger partial charge in [0.25, 0.3) is 0 Å². The third-order valence-electron chi connectivity index (χ3n) is 2.12. The SMILES string of the molecule is O=C1NCCC1CCCCO. The van der Waals surface area contributed by atoms with E-state index in [9.17, 15) is 4.79 Å². The predicted octanol–water partition coefficient (Wildman–Crippen LogP) is 0.285. The van der Waals surface area contributed by atoms with Crippen LogP contribution in [-0.4, -0.2) is 24.2 Å². The van der Waals surface area contributed by atoms with Crippen molar-refractivity contribution in [1.29, 1.82) is 0 Å². The Kier molecular flexibility index (Phi) is 3.36. The van der Waals surface area contributed by atoms with Crippen molar-refractivity contribution in [3.8, 4) is 0 Å². The normalized spacial score (nSPS) is 23.7. The number of nitrogens with one attached hydrogen (secondary N) is 1. The van der Waals surface area contributed by atoms with E-state index in [2.05, 4.69) is 5.32 Å². The van der Waals surface area contributed by atoms with E-state index in [4.69, 9.17) is 5.11 Å². The fraction of sp³-hybridized carbons (Fsp3) is 0.875. The third kappa shape index (κ3) is 2.50. The van der Waals surface area contributed by atoms with Crippen LogP contribution in [0.2, 0.25) is 0 Å². The molecular formula is C8H15NO2. The largest absolute Gasteiger partial charge is 0.396 e. The summed E-state index contributed by atoms with van der Waals surface area (Å²) < 4.78 is 0. The first-order chi connectivity index (χ1) is 5.34. The molecule has 1 aliphatic heterocycles. The van der Waals surface area contributed by atoms with Gasteiger partial charge in [-0.25, -0.2) is 0 Å². The zero-order chi connectivity index (χ0) is 8.10. The van der Waals surface area contributed by atoms with Crippen LogP contribution in [-0.2, 0) is 4.79 Å². The molecule has 0 bridgehead atoms. The van der Waals surface area contributed by atoms with Crippen LogP contribution in [0.25, 0.3) is 0 Å². The molecule has 1 saturated heterocycles. The summed E-state index contributed by atoms with van der Waals surface area (Å²) in [5, 5.41) is 11.3. The molecule has 0 aromatic carbocycles. The number of hydrogen-bond donors (Lipinski definition) is 2. The highest BCUT2D eigenvalue weighted by atomic mass is 16.2. The van der Waals surface area contributed by atoms with Gasteiger partial charge in [0.1, 0.15) is 0 Å². The average Bonchev–Trinajstić information content (AvgIpc) is 2.37. The Morgan fingerprint density at radius 1 is 1.55 bits per heavy atom. The summed E-state index contributed by atoms with van der Waals surface area (Å²) in [4.78, 5) is 11.0. The number of unbranched alkanes of at least 4 members (excludes halogenated alkanes) is 1. The van der Waals surface area contributed by atoms with Crippen molar-refractivity contribution in [2.45, 2.75) is 25.7 Å². The summed E-state index contributed by atoms with van der Waals surface area (Å²) >= 11 is 0. The van der Waals surface area contributed by atoms with Crippen LogP contribution in [0.3, 0.4) is 0 Å². The Labute approximate surface area is 66.8 Å². The number of amides is 1.